The Bertz CT molecular complexity index is 526. The van der Waals surface area contributed by atoms with Gasteiger partial charge < -0.3 is 4.74 Å². The molecule has 2 aliphatic carbocycles. The van der Waals surface area contributed by atoms with Crippen molar-refractivity contribution in [3.8, 4) is 0 Å². The van der Waals surface area contributed by atoms with Crippen LogP contribution in [0.3, 0.4) is 0 Å². The highest BCUT2D eigenvalue weighted by Gasteiger charge is 2.47. The van der Waals surface area contributed by atoms with E-state index in [1.165, 1.54) is 31.3 Å². The quantitative estimate of drug-likeness (QED) is 0.539. The Kier molecular flexibility index (Phi) is 3.99. The largest absolute Gasteiger partial charge is 0.458 e. The Morgan fingerprint density at radius 3 is 2.73 bits per heavy atom. The highest BCUT2D eigenvalue weighted by atomic mass is 16.5. The minimum atomic E-state index is -0.160. The van der Waals surface area contributed by atoms with E-state index in [-0.39, 0.29) is 11.4 Å². The van der Waals surface area contributed by atoms with Gasteiger partial charge in [-0.2, -0.15) is 0 Å². The number of esters is 1. The van der Waals surface area contributed by atoms with Gasteiger partial charge in [-0.1, -0.05) is 39.3 Å². The van der Waals surface area contributed by atoms with E-state index in [2.05, 4.69) is 33.8 Å². The van der Waals surface area contributed by atoms with Crippen LogP contribution >= 0.6 is 0 Å². The zero-order valence-electron chi connectivity index (χ0n) is 14.6. The van der Waals surface area contributed by atoms with E-state index in [4.69, 9.17) is 4.74 Å². The van der Waals surface area contributed by atoms with Gasteiger partial charge in [0.1, 0.15) is 6.61 Å². The predicted molar refractivity (Wildman–Crippen MR) is 89.4 cm³/mol. The van der Waals surface area contributed by atoms with Gasteiger partial charge in [0.05, 0.1) is 0 Å². The molecule has 1 heterocycles. The van der Waals surface area contributed by atoms with E-state index in [9.17, 15) is 4.79 Å². The second-order valence-electron chi connectivity index (χ2n) is 8.55. The Labute approximate surface area is 135 Å². The Balaban J connectivity index is 1.81. The molecule has 0 radical (unpaired) electrons. The SMILES string of the molecule is C[C@@H]1CCC2C(=CCCC2(C)C)[C@@]1(C)CCC1=CC(=O)OC1. The lowest BCUT2D eigenvalue weighted by atomic mass is 9.52. The molecule has 0 aromatic rings. The molecule has 0 amide bonds. The molecule has 0 saturated heterocycles. The second-order valence-corrected chi connectivity index (χ2v) is 8.55. The Morgan fingerprint density at radius 1 is 1.27 bits per heavy atom. The lowest BCUT2D eigenvalue weighted by molar-refractivity contribution is -0.134. The summed E-state index contributed by atoms with van der Waals surface area (Å²) in [4.78, 5) is 11.3. The zero-order valence-corrected chi connectivity index (χ0v) is 14.6. The van der Waals surface area contributed by atoms with Crippen LogP contribution in [0.4, 0.5) is 0 Å². The van der Waals surface area contributed by atoms with E-state index in [1.54, 1.807) is 11.6 Å². The first-order valence-electron chi connectivity index (χ1n) is 8.90. The van der Waals surface area contributed by atoms with Crippen LogP contribution in [0.15, 0.2) is 23.3 Å². The molecule has 0 aromatic heterocycles. The molecule has 3 atom stereocenters. The van der Waals surface area contributed by atoms with Gasteiger partial charge in [0, 0.05) is 6.08 Å². The molecular weight excluding hydrogens is 272 g/mol. The third kappa shape index (κ3) is 2.66. The normalized spacial score (nSPS) is 37.2. The van der Waals surface area contributed by atoms with Gasteiger partial charge in [-0.25, -0.2) is 4.79 Å². The van der Waals surface area contributed by atoms with Crippen LogP contribution in [-0.2, 0) is 9.53 Å². The van der Waals surface area contributed by atoms with Crippen LogP contribution in [0, 0.1) is 22.7 Å². The Morgan fingerprint density at radius 2 is 2.05 bits per heavy atom. The average molecular weight is 302 g/mol. The molecule has 0 N–H and O–H groups in total. The van der Waals surface area contributed by atoms with Crippen LogP contribution in [0.5, 0.6) is 0 Å². The van der Waals surface area contributed by atoms with Gasteiger partial charge >= 0.3 is 5.97 Å². The molecule has 1 aliphatic heterocycles. The number of hydrogen-bond acceptors (Lipinski definition) is 2. The van der Waals surface area contributed by atoms with Gasteiger partial charge in [0.25, 0.3) is 0 Å². The summed E-state index contributed by atoms with van der Waals surface area (Å²) in [6.07, 6.45) is 11.6. The van der Waals surface area contributed by atoms with Crippen molar-refractivity contribution in [2.24, 2.45) is 22.7 Å². The predicted octanol–water partition coefficient (Wildman–Crippen LogP) is 5.05. The van der Waals surface area contributed by atoms with Crippen molar-refractivity contribution >= 4 is 5.97 Å². The number of cyclic esters (lactones) is 1. The molecule has 0 aromatic carbocycles. The van der Waals surface area contributed by atoms with Crippen molar-refractivity contribution in [2.45, 2.75) is 66.2 Å². The molecule has 22 heavy (non-hydrogen) atoms. The van der Waals surface area contributed by atoms with Crippen LogP contribution in [-0.4, -0.2) is 12.6 Å². The summed E-state index contributed by atoms with van der Waals surface area (Å²) >= 11 is 0. The van der Waals surface area contributed by atoms with E-state index in [0.29, 0.717) is 12.0 Å². The lowest BCUT2D eigenvalue weighted by Gasteiger charge is -2.53. The fourth-order valence-corrected chi connectivity index (χ4v) is 4.90. The summed E-state index contributed by atoms with van der Waals surface area (Å²) in [6.45, 7) is 10.3. The molecule has 1 saturated carbocycles. The number of carbonyl (C=O) groups is 1. The highest BCUT2D eigenvalue weighted by Crippen LogP contribution is 2.58. The van der Waals surface area contributed by atoms with Gasteiger partial charge in [-0.15, -0.1) is 0 Å². The van der Waals surface area contributed by atoms with Gasteiger partial charge in [0.2, 0.25) is 0 Å². The summed E-state index contributed by atoms with van der Waals surface area (Å²) < 4.78 is 5.06. The molecule has 2 heteroatoms. The van der Waals surface area contributed by atoms with Crippen molar-refractivity contribution in [2.75, 3.05) is 6.61 Å². The zero-order chi connectivity index (χ0) is 16.0. The first-order chi connectivity index (χ1) is 10.3. The van der Waals surface area contributed by atoms with Crippen molar-refractivity contribution in [3.63, 3.8) is 0 Å². The summed E-state index contributed by atoms with van der Waals surface area (Å²) in [6, 6.07) is 0. The number of hydrogen-bond donors (Lipinski definition) is 0. The van der Waals surface area contributed by atoms with Crippen LogP contribution < -0.4 is 0 Å². The average Bonchev–Trinajstić information content (AvgIpc) is 2.87. The van der Waals surface area contributed by atoms with Gasteiger partial charge in [-0.3, -0.25) is 0 Å². The van der Waals surface area contributed by atoms with Crippen molar-refractivity contribution in [1.29, 1.82) is 0 Å². The molecule has 2 nitrogen and oxygen atoms in total. The Hall–Kier alpha value is -1.05. The van der Waals surface area contributed by atoms with E-state index < -0.39 is 0 Å². The standard InChI is InChI=1S/C20H30O2/c1-14-7-8-16-17(6-5-10-19(16,2)3)20(14,4)11-9-15-12-18(21)22-13-15/h6,12,14,16H,5,7-11,13H2,1-4H3/t14-,16?,20+/m1/s1. The topological polar surface area (TPSA) is 26.3 Å². The summed E-state index contributed by atoms with van der Waals surface area (Å²) in [5.74, 6) is 1.31. The molecular formula is C20H30O2. The maximum Gasteiger partial charge on any atom is 0.331 e. The molecule has 122 valence electrons. The smallest absolute Gasteiger partial charge is 0.331 e. The maximum absolute atomic E-state index is 11.3. The molecule has 0 spiro atoms. The first-order valence-corrected chi connectivity index (χ1v) is 8.90. The summed E-state index contributed by atoms with van der Waals surface area (Å²) in [5.41, 5.74) is 3.62. The van der Waals surface area contributed by atoms with E-state index in [1.807, 2.05) is 0 Å². The highest BCUT2D eigenvalue weighted by molar-refractivity contribution is 5.85. The number of fused-ring (bicyclic) bond motifs is 1. The fourth-order valence-electron chi connectivity index (χ4n) is 4.90. The van der Waals surface area contributed by atoms with E-state index in [0.717, 1.165) is 24.7 Å². The van der Waals surface area contributed by atoms with Crippen LogP contribution in [0.2, 0.25) is 0 Å². The number of ether oxygens (including phenoxy) is 1. The maximum atomic E-state index is 11.3. The second kappa shape index (κ2) is 5.54. The monoisotopic (exact) mass is 302 g/mol. The van der Waals surface area contributed by atoms with Gasteiger partial charge in [0.15, 0.2) is 0 Å². The number of rotatable bonds is 3. The number of carbonyl (C=O) groups excluding carboxylic acids is 1. The van der Waals surface area contributed by atoms with Crippen LogP contribution in [0.1, 0.15) is 66.2 Å². The molecule has 1 fully saturated rings. The minimum absolute atomic E-state index is 0.160. The van der Waals surface area contributed by atoms with Crippen molar-refractivity contribution < 1.29 is 9.53 Å². The first kappa shape index (κ1) is 15.8. The fraction of sp³-hybridized carbons (Fsp3) is 0.750. The third-order valence-electron chi connectivity index (χ3n) is 6.79. The summed E-state index contributed by atoms with van der Waals surface area (Å²) in [7, 11) is 0. The molecule has 0 bridgehead atoms. The minimum Gasteiger partial charge on any atom is -0.458 e. The van der Waals surface area contributed by atoms with Crippen LogP contribution in [0.25, 0.3) is 0 Å². The van der Waals surface area contributed by atoms with Gasteiger partial charge in [-0.05, 0) is 66.8 Å². The lowest BCUT2D eigenvalue weighted by Crippen LogP contribution is -2.43. The molecule has 3 rings (SSSR count). The van der Waals surface area contributed by atoms with Crippen molar-refractivity contribution in [3.05, 3.63) is 23.3 Å². The third-order valence-corrected chi connectivity index (χ3v) is 6.79. The number of allylic oxidation sites excluding steroid dienone is 2. The molecule has 1 unspecified atom stereocenters. The van der Waals surface area contributed by atoms with E-state index >= 15 is 0 Å². The molecule has 3 aliphatic rings. The van der Waals surface area contributed by atoms with Crippen molar-refractivity contribution in [1.82, 2.24) is 0 Å². The summed E-state index contributed by atoms with van der Waals surface area (Å²) in [5, 5.41) is 0.